The molecule has 0 bridgehead atoms. The monoisotopic (exact) mass is 325 g/mol. The molecule has 0 spiro atoms. The predicted octanol–water partition coefficient (Wildman–Crippen LogP) is 2.14. The SMILES string of the molecule is O=C(O)C(CCCc1ccccc1)CS(=O)(=O)N1CCCC1. The number of hydrogen-bond donors (Lipinski definition) is 1. The number of benzene rings is 1. The van der Waals surface area contributed by atoms with Gasteiger partial charge >= 0.3 is 5.97 Å². The molecular weight excluding hydrogens is 302 g/mol. The Morgan fingerprint density at radius 3 is 2.41 bits per heavy atom. The summed E-state index contributed by atoms with van der Waals surface area (Å²) in [5.74, 6) is -2.12. The topological polar surface area (TPSA) is 74.7 Å². The van der Waals surface area contributed by atoms with Crippen molar-refractivity contribution in [2.24, 2.45) is 5.92 Å². The van der Waals surface area contributed by atoms with Gasteiger partial charge in [-0.2, -0.15) is 0 Å². The zero-order valence-corrected chi connectivity index (χ0v) is 13.5. The number of nitrogens with zero attached hydrogens (tertiary/aromatic N) is 1. The van der Waals surface area contributed by atoms with E-state index in [2.05, 4.69) is 0 Å². The minimum absolute atomic E-state index is 0.281. The fourth-order valence-electron chi connectivity index (χ4n) is 2.80. The van der Waals surface area contributed by atoms with E-state index in [1.54, 1.807) is 0 Å². The standard InChI is InChI=1S/C16H23NO4S/c18-16(19)15(10-6-9-14-7-2-1-3-8-14)13-22(20,21)17-11-4-5-12-17/h1-3,7-8,15H,4-6,9-13H2,(H,18,19). The van der Waals surface area contributed by atoms with Crippen LogP contribution >= 0.6 is 0 Å². The first kappa shape index (κ1) is 17.0. The number of hydrogen-bond acceptors (Lipinski definition) is 3. The van der Waals surface area contributed by atoms with Crippen LogP contribution in [-0.4, -0.2) is 42.6 Å². The predicted molar refractivity (Wildman–Crippen MR) is 85.1 cm³/mol. The Balaban J connectivity index is 1.88. The molecule has 1 aromatic carbocycles. The molecule has 1 aliphatic heterocycles. The van der Waals surface area contributed by atoms with Gasteiger partial charge in [0.25, 0.3) is 0 Å². The Morgan fingerprint density at radius 2 is 1.82 bits per heavy atom. The zero-order valence-electron chi connectivity index (χ0n) is 12.6. The summed E-state index contributed by atoms with van der Waals surface area (Å²) in [6.07, 6.45) is 3.57. The number of sulfonamides is 1. The fourth-order valence-corrected chi connectivity index (χ4v) is 4.64. The molecule has 0 aliphatic carbocycles. The van der Waals surface area contributed by atoms with Crippen LogP contribution in [0.15, 0.2) is 30.3 Å². The minimum Gasteiger partial charge on any atom is -0.481 e. The Kier molecular flexibility index (Phi) is 5.97. The molecule has 0 amide bonds. The summed E-state index contributed by atoms with van der Waals surface area (Å²) < 4.78 is 25.9. The summed E-state index contributed by atoms with van der Waals surface area (Å²) in [6, 6.07) is 9.82. The van der Waals surface area contributed by atoms with Crippen molar-refractivity contribution in [2.75, 3.05) is 18.8 Å². The highest BCUT2D eigenvalue weighted by Crippen LogP contribution is 2.19. The molecule has 1 aliphatic rings. The van der Waals surface area contributed by atoms with E-state index in [4.69, 9.17) is 0 Å². The molecular formula is C16H23NO4S. The number of carboxylic acids is 1. The van der Waals surface area contributed by atoms with Crippen LogP contribution in [0.4, 0.5) is 0 Å². The van der Waals surface area contributed by atoms with Crippen molar-refractivity contribution < 1.29 is 18.3 Å². The smallest absolute Gasteiger partial charge is 0.307 e. The van der Waals surface area contributed by atoms with Crippen LogP contribution in [0.3, 0.4) is 0 Å². The lowest BCUT2D eigenvalue weighted by atomic mass is 10.0. The number of aryl methyl sites for hydroxylation is 1. The van der Waals surface area contributed by atoms with E-state index < -0.39 is 21.9 Å². The van der Waals surface area contributed by atoms with E-state index in [-0.39, 0.29) is 5.75 Å². The fraction of sp³-hybridized carbons (Fsp3) is 0.562. The van der Waals surface area contributed by atoms with Gasteiger partial charge in [-0.05, 0) is 37.7 Å². The van der Waals surface area contributed by atoms with Gasteiger partial charge in [-0.3, -0.25) is 4.79 Å². The highest BCUT2D eigenvalue weighted by Gasteiger charge is 2.31. The second kappa shape index (κ2) is 7.74. The van der Waals surface area contributed by atoms with Crippen LogP contribution in [-0.2, 0) is 21.2 Å². The van der Waals surface area contributed by atoms with Gasteiger partial charge in [0.2, 0.25) is 10.0 Å². The Labute approximate surface area is 132 Å². The van der Waals surface area contributed by atoms with Gasteiger partial charge in [-0.1, -0.05) is 30.3 Å². The first-order valence-electron chi connectivity index (χ1n) is 7.73. The number of rotatable bonds is 8. The third-order valence-corrected chi connectivity index (χ3v) is 6.06. The zero-order chi connectivity index (χ0) is 16.0. The molecule has 22 heavy (non-hydrogen) atoms. The maximum absolute atomic E-state index is 12.2. The van der Waals surface area contributed by atoms with Crippen LogP contribution in [0, 0.1) is 5.92 Å². The first-order chi connectivity index (χ1) is 10.5. The van der Waals surface area contributed by atoms with Gasteiger partial charge in [0.15, 0.2) is 0 Å². The lowest BCUT2D eigenvalue weighted by Crippen LogP contribution is -2.35. The maximum atomic E-state index is 12.2. The van der Waals surface area contributed by atoms with Gasteiger partial charge in [0.05, 0.1) is 11.7 Å². The molecule has 1 unspecified atom stereocenters. The van der Waals surface area contributed by atoms with E-state index >= 15 is 0 Å². The van der Waals surface area contributed by atoms with Crippen LogP contribution in [0.1, 0.15) is 31.2 Å². The third-order valence-electron chi connectivity index (χ3n) is 4.08. The number of carboxylic acid groups (broad SMARTS) is 1. The van der Waals surface area contributed by atoms with Gasteiger partial charge in [-0.15, -0.1) is 0 Å². The molecule has 0 aromatic heterocycles. The van der Waals surface area contributed by atoms with Crippen molar-refractivity contribution in [3.05, 3.63) is 35.9 Å². The van der Waals surface area contributed by atoms with Gasteiger partial charge in [-0.25, -0.2) is 12.7 Å². The molecule has 1 atom stereocenters. The number of carbonyl (C=O) groups is 1. The van der Waals surface area contributed by atoms with Gasteiger partial charge in [0, 0.05) is 13.1 Å². The van der Waals surface area contributed by atoms with Crippen molar-refractivity contribution in [2.45, 2.75) is 32.1 Å². The van der Waals surface area contributed by atoms with Crippen molar-refractivity contribution in [1.29, 1.82) is 0 Å². The van der Waals surface area contributed by atoms with Gasteiger partial charge < -0.3 is 5.11 Å². The van der Waals surface area contributed by atoms with Gasteiger partial charge in [0.1, 0.15) is 0 Å². The summed E-state index contributed by atoms with van der Waals surface area (Å²) in [6.45, 7) is 1.05. The second-order valence-corrected chi connectivity index (χ2v) is 7.81. The average molecular weight is 325 g/mol. The Morgan fingerprint density at radius 1 is 1.18 bits per heavy atom. The molecule has 0 saturated carbocycles. The summed E-state index contributed by atoms with van der Waals surface area (Å²) in [5.41, 5.74) is 1.15. The van der Waals surface area contributed by atoms with Crippen LogP contribution < -0.4 is 0 Å². The number of aliphatic carboxylic acids is 1. The highest BCUT2D eigenvalue weighted by molar-refractivity contribution is 7.89. The molecule has 1 heterocycles. The summed E-state index contributed by atoms with van der Waals surface area (Å²) in [5, 5.41) is 9.29. The van der Waals surface area contributed by atoms with E-state index in [1.165, 1.54) is 4.31 Å². The maximum Gasteiger partial charge on any atom is 0.307 e. The normalized spacial score (nSPS) is 17.5. The summed E-state index contributed by atoms with van der Waals surface area (Å²) >= 11 is 0. The highest BCUT2D eigenvalue weighted by atomic mass is 32.2. The third kappa shape index (κ3) is 4.81. The summed E-state index contributed by atoms with van der Waals surface area (Å²) in [7, 11) is -3.45. The van der Waals surface area contributed by atoms with Crippen molar-refractivity contribution in [3.63, 3.8) is 0 Å². The second-order valence-electron chi connectivity index (χ2n) is 5.80. The van der Waals surface area contributed by atoms with Crippen molar-refractivity contribution >= 4 is 16.0 Å². The molecule has 1 saturated heterocycles. The molecule has 1 aromatic rings. The molecule has 5 nitrogen and oxygen atoms in total. The van der Waals surface area contributed by atoms with E-state index in [0.29, 0.717) is 25.9 Å². The largest absolute Gasteiger partial charge is 0.481 e. The Bertz CT molecular complexity index is 579. The average Bonchev–Trinajstić information content (AvgIpc) is 3.02. The van der Waals surface area contributed by atoms with Crippen LogP contribution in [0.25, 0.3) is 0 Å². The Hall–Kier alpha value is -1.40. The molecule has 6 heteroatoms. The van der Waals surface area contributed by atoms with Crippen molar-refractivity contribution in [3.8, 4) is 0 Å². The first-order valence-corrected chi connectivity index (χ1v) is 9.34. The molecule has 2 rings (SSSR count). The summed E-state index contributed by atoms with van der Waals surface area (Å²) in [4.78, 5) is 11.4. The quantitative estimate of drug-likeness (QED) is 0.794. The molecule has 122 valence electrons. The minimum atomic E-state index is -3.45. The lowest BCUT2D eigenvalue weighted by molar-refractivity contribution is -0.141. The lowest BCUT2D eigenvalue weighted by Gasteiger charge is -2.19. The van der Waals surface area contributed by atoms with Crippen LogP contribution in [0.2, 0.25) is 0 Å². The molecule has 1 fully saturated rings. The van der Waals surface area contributed by atoms with Crippen molar-refractivity contribution in [1.82, 2.24) is 4.31 Å². The van der Waals surface area contributed by atoms with E-state index in [0.717, 1.165) is 24.8 Å². The molecule has 1 N–H and O–H groups in total. The van der Waals surface area contributed by atoms with E-state index in [9.17, 15) is 18.3 Å². The van der Waals surface area contributed by atoms with E-state index in [1.807, 2.05) is 30.3 Å². The molecule has 0 radical (unpaired) electrons. The van der Waals surface area contributed by atoms with Crippen LogP contribution in [0.5, 0.6) is 0 Å².